The molecule has 0 aromatic heterocycles. The van der Waals surface area contributed by atoms with Gasteiger partial charge in [0.2, 0.25) is 0 Å². The Hall–Kier alpha value is -0.0400. The van der Waals surface area contributed by atoms with Crippen LogP contribution < -0.4 is 5.32 Å². The zero-order valence-electron chi connectivity index (χ0n) is 14.5. The Balaban J connectivity index is 1.90. The van der Waals surface area contributed by atoms with Gasteiger partial charge in [0.25, 0.3) is 0 Å². The predicted octanol–water partition coefficient (Wildman–Crippen LogP) is 5.25. The Kier molecular flexibility index (Phi) is 5.56. The van der Waals surface area contributed by atoms with E-state index < -0.39 is 0 Å². The molecule has 3 atom stereocenters. The van der Waals surface area contributed by atoms with Gasteiger partial charge in [0.15, 0.2) is 0 Å². The lowest BCUT2D eigenvalue weighted by molar-refractivity contribution is 0.103. The van der Waals surface area contributed by atoms with Crippen molar-refractivity contribution in [3.05, 3.63) is 0 Å². The second-order valence-electron chi connectivity index (χ2n) is 8.82. The minimum Gasteiger partial charge on any atom is -0.316 e. The van der Waals surface area contributed by atoms with E-state index in [2.05, 4.69) is 40.1 Å². The molecular weight excluding hydrogens is 242 g/mol. The maximum atomic E-state index is 3.72. The molecule has 0 saturated heterocycles. The summed E-state index contributed by atoms with van der Waals surface area (Å²) in [4.78, 5) is 0. The van der Waals surface area contributed by atoms with E-state index >= 15 is 0 Å². The summed E-state index contributed by atoms with van der Waals surface area (Å²) < 4.78 is 0. The summed E-state index contributed by atoms with van der Waals surface area (Å²) in [5.74, 6) is 3.78. The molecule has 1 heteroatoms. The smallest absolute Gasteiger partial charge is 0.0121 e. The van der Waals surface area contributed by atoms with Crippen LogP contribution in [0.2, 0.25) is 0 Å². The highest BCUT2D eigenvalue weighted by Crippen LogP contribution is 2.43. The fraction of sp³-hybridized carbons (Fsp3) is 1.00. The fourth-order valence-corrected chi connectivity index (χ4v) is 5.01. The third kappa shape index (κ3) is 4.00. The Morgan fingerprint density at radius 2 is 1.55 bits per heavy atom. The Morgan fingerprint density at radius 1 is 0.900 bits per heavy atom. The molecule has 2 saturated carbocycles. The second-order valence-corrected chi connectivity index (χ2v) is 8.82. The quantitative estimate of drug-likeness (QED) is 0.743. The van der Waals surface area contributed by atoms with E-state index in [9.17, 15) is 0 Å². The largest absolute Gasteiger partial charge is 0.316 e. The van der Waals surface area contributed by atoms with Crippen molar-refractivity contribution in [1.29, 1.82) is 0 Å². The molecule has 0 aliphatic heterocycles. The van der Waals surface area contributed by atoms with E-state index in [1.165, 1.54) is 51.4 Å². The number of hydrogen-bond donors (Lipinski definition) is 1. The van der Waals surface area contributed by atoms with Gasteiger partial charge < -0.3 is 5.32 Å². The van der Waals surface area contributed by atoms with Gasteiger partial charge in [-0.15, -0.1) is 0 Å². The maximum Gasteiger partial charge on any atom is 0.0121 e. The average molecular weight is 280 g/mol. The van der Waals surface area contributed by atoms with Crippen molar-refractivity contribution in [1.82, 2.24) is 5.32 Å². The van der Waals surface area contributed by atoms with E-state index in [1.807, 2.05) is 0 Å². The van der Waals surface area contributed by atoms with Crippen molar-refractivity contribution < 1.29 is 0 Å². The van der Waals surface area contributed by atoms with Crippen molar-refractivity contribution in [2.24, 2.45) is 29.1 Å². The molecule has 0 aromatic carbocycles. The van der Waals surface area contributed by atoms with Crippen molar-refractivity contribution in [2.75, 3.05) is 7.05 Å². The van der Waals surface area contributed by atoms with Gasteiger partial charge in [0.05, 0.1) is 0 Å². The Morgan fingerprint density at radius 3 is 2.05 bits per heavy atom. The third-order valence-corrected chi connectivity index (χ3v) is 6.32. The summed E-state index contributed by atoms with van der Waals surface area (Å²) in [7, 11) is 2.21. The zero-order chi connectivity index (χ0) is 14.8. The fourth-order valence-electron chi connectivity index (χ4n) is 5.01. The lowest BCUT2D eigenvalue weighted by Crippen LogP contribution is -2.44. The molecule has 0 bridgehead atoms. The minimum atomic E-state index is 0.513. The van der Waals surface area contributed by atoms with Gasteiger partial charge in [-0.2, -0.15) is 0 Å². The lowest BCUT2D eigenvalue weighted by Gasteiger charge is -2.43. The summed E-state index contributed by atoms with van der Waals surface area (Å²) in [5.41, 5.74) is 0.513. The zero-order valence-corrected chi connectivity index (χ0v) is 14.5. The van der Waals surface area contributed by atoms with Crippen LogP contribution in [-0.4, -0.2) is 13.1 Å². The molecule has 0 amide bonds. The molecule has 0 heterocycles. The SMILES string of the molecule is CNC(C1CCC(C(C)(C)C)CC1)C1CCCC(C)C1. The highest BCUT2D eigenvalue weighted by Gasteiger charge is 2.36. The van der Waals surface area contributed by atoms with Crippen LogP contribution in [0.5, 0.6) is 0 Å². The lowest BCUT2D eigenvalue weighted by atomic mass is 9.65. The molecule has 0 radical (unpaired) electrons. The Labute approximate surface area is 127 Å². The van der Waals surface area contributed by atoms with Gasteiger partial charge in [-0.1, -0.05) is 40.5 Å². The topological polar surface area (TPSA) is 12.0 Å². The van der Waals surface area contributed by atoms with Crippen LogP contribution in [-0.2, 0) is 0 Å². The predicted molar refractivity (Wildman–Crippen MR) is 88.9 cm³/mol. The molecule has 1 nitrogen and oxygen atoms in total. The van der Waals surface area contributed by atoms with E-state index in [0.29, 0.717) is 5.41 Å². The van der Waals surface area contributed by atoms with Gasteiger partial charge in [-0.05, 0) is 74.7 Å². The summed E-state index contributed by atoms with van der Waals surface area (Å²) in [6, 6.07) is 0.790. The monoisotopic (exact) mass is 279 g/mol. The van der Waals surface area contributed by atoms with E-state index in [4.69, 9.17) is 0 Å². The van der Waals surface area contributed by atoms with E-state index in [0.717, 1.165) is 29.7 Å². The van der Waals surface area contributed by atoms with Gasteiger partial charge in [0.1, 0.15) is 0 Å². The standard InChI is InChI=1S/C19H37N/c1-14-7-6-8-16(13-14)18(20-5)15-9-11-17(12-10-15)19(2,3)4/h14-18,20H,6-13H2,1-5H3. The first-order chi connectivity index (χ1) is 9.41. The number of hydrogen-bond acceptors (Lipinski definition) is 1. The highest BCUT2D eigenvalue weighted by atomic mass is 14.9. The van der Waals surface area contributed by atoms with Crippen molar-refractivity contribution in [3.63, 3.8) is 0 Å². The molecule has 20 heavy (non-hydrogen) atoms. The van der Waals surface area contributed by atoms with Crippen LogP contribution in [0.3, 0.4) is 0 Å². The first-order valence-electron chi connectivity index (χ1n) is 9.09. The molecule has 3 unspecified atom stereocenters. The maximum absolute atomic E-state index is 3.72. The van der Waals surface area contributed by atoms with Crippen LogP contribution >= 0.6 is 0 Å². The minimum absolute atomic E-state index is 0.513. The van der Waals surface area contributed by atoms with Crippen LogP contribution in [0.1, 0.15) is 79.1 Å². The van der Waals surface area contributed by atoms with Crippen LogP contribution in [0, 0.1) is 29.1 Å². The van der Waals surface area contributed by atoms with E-state index in [1.54, 1.807) is 0 Å². The van der Waals surface area contributed by atoms with Crippen LogP contribution in [0.4, 0.5) is 0 Å². The van der Waals surface area contributed by atoms with Crippen LogP contribution in [0.25, 0.3) is 0 Å². The number of nitrogens with one attached hydrogen (secondary N) is 1. The van der Waals surface area contributed by atoms with Crippen LogP contribution in [0.15, 0.2) is 0 Å². The van der Waals surface area contributed by atoms with Gasteiger partial charge in [-0.25, -0.2) is 0 Å². The molecule has 2 rings (SSSR count). The average Bonchev–Trinajstić information content (AvgIpc) is 2.39. The van der Waals surface area contributed by atoms with Gasteiger partial charge >= 0.3 is 0 Å². The van der Waals surface area contributed by atoms with E-state index in [-0.39, 0.29) is 0 Å². The second kappa shape index (κ2) is 6.81. The molecule has 0 spiro atoms. The first-order valence-corrected chi connectivity index (χ1v) is 9.09. The molecule has 2 aliphatic rings. The summed E-state index contributed by atoms with van der Waals surface area (Å²) >= 11 is 0. The summed E-state index contributed by atoms with van der Waals surface area (Å²) in [6.07, 6.45) is 11.7. The van der Waals surface area contributed by atoms with Crippen molar-refractivity contribution >= 4 is 0 Å². The Bertz CT molecular complexity index is 283. The number of rotatable bonds is 3. The van der Waals surface area contributed by atoms with Crippen molar-refractivity contribution in [3.8, 4) is 0 Å². The van der Waals surface area contributed by atoms with Gasteiger partial charge in [0, 0.05) is 6.04 Å². The molecule has 2 fully saturated rings. The summed E-state index contributed by atoms with van der Waals surface area (Å²) in [5, 5.41) is 3.72. The molecule has 118 valence electrons. The molecule has 1 N–H and O–H groups in total. The van der Waals surface area contributed by atoms with Gasteiger partial charge in [-0.3, -0.25) is 0 Å². The third-order valence-electron chi connectivity index (χ3n) is 6.32. The first kappa shape index (κ1) is 16.3. The normalized spacial score (nSPS) is 37.6. The highest BCUT2D eigenvalue weighted by molar-refractivity contribution is 4.90. The van der Waals surface area contributed by atoms with Crippen molar-refractivity contribution in [2.45, 2.75) is 85.1 Å². The summed E-state index contributed by atoms with van der Waals surface area (Å²) in [6.45, 7) is 9.73. The molecular formula is C19H37N. The molecule has 0 aromatic rings. The molecule has 2 aliphatic carbocycles.